The van der Waals surface area contributed by atoms with Gasteiger partial charge < -0.3 is 15.5 Å². The number of halogens is 1. The van der Waals surface area contributed by atoms with Crippen LogP contribution < -0.4 is 11.1 Å². The van der Waals surface area contributed by atoms with E-state index < -0.39 is 6.04 Å². The van der Waals surface area contributed by atoms with Crippen LogP contribution in [0.1, 0.15) is 26.5 Å². The van der Waals surface area contributed by atoms with Crippen molar-refractivity contribution in [2.45, 2.75) is 33.4 Å². The number of rotatable bonds is 3. The molecule has 1 aromatic heterocycles. The van der Waals surface area contributed by atoms with Crippen LogP contribution in [0.2, 0.25) is 0 Å². The zero-order valence-electron chi connectivity index (χ0n) is 9.82. The third-order valence-electron chi connectivity index (χ3n) is 2.23. The Morgan fingerprint density at radius 2 is 2.19 bits per heavy atom. The Kier molecular flexibility index (Phi) is 5.55. The summed E-state index contributed by atoms with van der Waals surface area (Å²) in [6.45, 7) is 6.19. The molecular weight excluding hydrogens is 228 g/mol. The van der Waals surface area contributed by atoms with Crippen LogP contribution in [0.5, 0.6) is 0 Å². The molecule has 1 rings (SSSR count). The smallest absolute Gasteiger partial charge is 0.237 e. The molecule has 16 heavy (non-hydrogen) atoms. The summed E-state index contributed by atoms with van der Waals surface area (Å²) in [4.78, 5) is 11.6. The SMILES string of the molecule is CC(C)(C)[C@H](N)C(=O)NCc1ccco1.Cl. The maximum Gasteiger partial charge on any atom is 0.237 e. The van der Waals surface area contributed by atoms with E-state index in [1.54, 1.807) is 12.3 Å². The van der Waals surface area contributed by atoms with Crippen molar-refractivity contribution < 1.29 is 9.21 Å². The minimum Gasteiger partial charge on any atom is -0.467 e. The second-order valence-electron chi connectivity index (χ2n) is 4.64. The van der Waals surface area contributed by atoms with E-state index in [-0.39, 0.29) is 23.7 Å². The molecular formula is C11H19ClN2O2. The van der Waals surface area contributed by atoms with Crippen molar-refractivity contribution in [3.8, 4) is 0 Å². The Balaban J connectivity index is 0.00000225. The minimum atomic E-state index is -0.507. The van der Waals surface area contributed by atoms with Crippen LogP contribution in [0, 0.1) is 5.41 Å². The van der Waals surface area contributed by atoms with Crippen LogP contribution in [0.15, 0.2) is 22.8 Å². The largest absolute Gasteiger partial charge is 0.467 e. The zero-order chi connectivity index (χ0) is 11.5. The molecule has 0 aromatic carbocycles. The number of amides is 1. The van der Waals surface area contributed by atoms with Gasteiger partial charge in [-0.1, -0.05) is 20.8 Å². The van der Waals surface area contributed by atoms with Gasteiger partial charge in [-0.2, -0.15) is 0 Å². The van der Waals surface area contributed by atoms with Crippen molar-refractivity contribution in [1.29, 1.82) is 0 Å². The van der Waals surface area contributed by atoms with Gasteiger partial charge in [0.15, 0.2) is 0 Å². The van der Waals surface area contributed by atoms with E-state index in [4.69, 9.17) is 10.2 Å². The first-order valence-corrected chi connectivity index (χ1v) is 4.97. The van der Waals surface area contributed by atoms with E-state index in [1.165, 1.54) is 0 Å². The van der Waals surface area contributed by atoms with E-state index in [2.05, 4.69) is 5.32 Å². The van der Waals surface area contributed by atoms with Crippen molar-refractivity contribution in [3.05, 3.63) is 24.2 Å². The summed E-state index contributed by atoms with van der Waals surface area (Å²) in [6.07, 6.45) is 1.57. The van der Waals surface area contributed by atoms with Crippen molar-refractivity contribution >= 4 is 18.3 Å². The van der Waals surface area contributed by atoms with Crippen LogP contribution >= 0.6 is 12.4 Å². The molecule has 0 saturated carbocycles. The summed E-state index contributed by atoms with van der Waals surface area (Å²) in [6, 6.07) is 3.08. The first-order chi connectivity index (χ1) is 6.91. The molecule has 0 unspecified atom stereocenters. The molecule has 0 saturated heterocycles. The molecule has 5 heteroatoms. The van der Waals surface area contributed by atoms with Crippen molar-refractivity contribution in [3.63, 3.8) is 0 Å². The lowest BCUT2D eigenvalue weighted by atomic mass is 9.87. The summed E-state index contributed by atoms with van der Waals surface area (Å²) in [5.74, 6) is 0.573. The summed E-state index contributed by atoms with van der Waals surface area (Å²) < 4.78 is 5.09. The second-order valence-corrected chi connectivity index (χ2v) is 4.64. The number of nitrogens with one attached hydrogen (secondary N) is 1. The van der Waals surface area contributed by atoms with Gasteiger partial charge in [-0.3, -0.25) is 4.79 Å². The molecule has 0 bridgehead atoms. The summed E-state index contributed by atoms with van der Waals surface area (Å²) in [7, 11) is 0. The zero-order valence-corrected chi connectivity index (χ0v) is 10.6. The molecule has 0 radical (unpaired) electrons. The summed E-state index contributed by atoms with van der Waals surface area (Å²) in [5.41, 5.74) is 5.56. The van der Waals surface area contributed by atoms with E-state index in [0.717, 1.165) is 5.76 Å². The fourth-order valence-electron chi connectivity index (χ4n) is 1.09. The van der Waals surface area contributed by atoms with Crippen molar-refractivity contribution in [2.75, 3.05) is 0 Å². The van der Waals surface area contributed by atoms with Crippen LogP contribution in [0.4, 0.5) is 0 Å². The molecule has 0 aliphatic carbocycles. The number of carbonyl (C=O) groups excluding carboxylic acids is 1. The molecule has 0 aliphatic rings. The van der Waals surface area contributed by atoms with E-state index >= 15 is 0 Å². The molecule has 1 heterocycles. The molecule has 4 nitrogen and oxygen atoms in total. The molecule has 1 amide bonds. The quantitative estimate of drug-likeness (QED) is 0.853. The first-order valence-electron chi connectivity index (χ1n) is 4.97. The van der Waals surface area contributed by atoms with E-state index in [9.17, 15) is 4.79 Å². The highest BCUT2D eigenvalue weighted by atomic mass is 35.5. The lowest BCUT2D eigenvalue weighted by Gasteiger charge is -2.25. The monoisotopic (exact) mass is 246 g/mol. The van der Waals surface area contributed by atoms with Gasteiger partial charge in [0.25, 0.3) is 0 Å². The van der Waals surface area contributed by atoms with Gasteiger partial charge in [0.2, 0.25) is 5.91 Å². The molecule has 0 fully saturated rings. The topological polar surface area (TPSA) is 68.3 Å². The van der Waals surface area contributed by atoms with Gasteiger partial charge >= 0.3 is 0 Å². The number of hydrogen-bond donors (Lipinski definition) is 2. The van der Waals surface area contributed by atoms with Crippen LogP contribution in [-0.2, 0) is 11.3 Å². The average molecular weight is 247 g/mol. The Morgan fingerprint density at radius 3 is 2.62 bits per heavy atom. The summed E-state index contributed by atoms with van der Waals surface area (Å²) >= 11 is 0. The number of furan rings is 1. The standard InChI is InChI=1S/C11H18N2O2.ClH/c1-11(2,3)9(12)10(14)13-7-8-5-4-6-15-8;/h4-6,9H,7,12H2,1-3H3,(H,13,14);1H/t9-;/m1./s1. The third kappa shape index (κ3) is 4.24. The van der Waals surface area contributed by atoms with Crippen LogP contribution in [0.3, 0.4) is 0 Å². The number of hydrogen-bond acceptors (Lipinski definition) is 3. The predicted octanol–water partition coefficient (Wildman–Crippen LogP) is 1.69. The molecule has 0 spiro atoms. The predicted molar refractivity (Wildman–Crippen MR) is 65.2 cm³/mol. The second kappa shape index (κ2) is 5.92. The first kappa shape index (κ1) is 15.0. The lowest BCUT2D eigenvalue weighted by Crippen LogP contribution is -2.48. The fourth-order valence-corrected chi connectivity index (χ4v) is 1.09. The maximum absolute atomic E-state index is 11.6. The molecule has 3 N–H and O–H groups in total. The normalized spacial score (nSPS) is 12.8. The van der Waals surface area contributed by atoms with Crippen LogP contribution in [-0.4, -0.2) is 11.9 Å². The third-order valence-corrected chi connectivity index (χ3v) is 2.23. The lowest BCUT2D eigenvalue weighted by molar-refractivity contribution is -0.124. The van der Waals surface area contributed by atoms with Crippen molar-refractivity contribution in [2.24, 2.45) is 11.1 Å². The highest BCUT2D eigenvalue weighted by molar-refractivity contribution is 5.85. The highest BCUT2D eigenvalue weighted by Gasteiger charge is 2.27. The van der Waals surface area contributed by atoms with Crippen LogP contribution in [0.25, 0.3) is 0 Å². The van der Waals surface area contributed by atoms with Gasteiger partial charge in [0, 0.05) is 0 Å². The summed E-state index contributed by atoms with van der Waals surface area (Å²) in [5, 5.41) is 2.73. The number of carbonyl (C=O) groups is 1. The number of nitrogens with two attached hydrogens (primary N) is 1. The van der Waals surface area contributed by atoms with Crippen molar-refractivity contribution in [1.82, 2.24) is 5.32 Å². The average Bonchev–Trinajstić information content (AvgIpc) is 2.63. The van der Waals surface area contributed by atoms with Gasteiger partial charge in [-0.15, -0.1) is 12.4 Å². The van der Waals surface area contributed by atoms with Gasteiger partial charge in [-0.25, -0.2) is 0 Å². The molecule has 0 aliphatic heterocycles. The Morgan fingerprint density at radius 1 is 1.56 bits per heavy atom. The van der Waals surface area contributed by atoms with E-state index in [1.807, 2.05) is 26.8 Å². The van der Waals surface area contributed by atoms with Gasteiger partial charge in [0.1, 0.15) is 5.76 Å². The van der Waals surface area contributed by atoms with Gasteiger partial charge in [-0.05, 0) is 17.5 Å². The fraction of sp³-hybridized carbons (Fsp3) is 0.545. The minimum absolute atomic E-state index is 0. The maximum atomic E-state index is 11.6. The Labute approximate surface area is 102 Å². The molecule has 92 valence electrons. The Bertz CT molecular complexity index is 317. The molecule has 1 aromatic rings. The molecule has 1 atom stereocenters. The Hall–Kier alpha value is -1.00. The highest BCUT2D eigenvalue weighted by Crippen LogP contribution is 2.17. The van der Waals surface area contributed by atoms with E-state index in [0.29, 0.717) is 6.54 Å². The van der Waals surface area contributed by atoms with Gasteiger partial charge in [0.05, 0.1) is 18.8 Å².